The number of benzene rings is 2. The van der Waals surface area contributed by atoms with E-state index < -0.39 is 30.6 Å². The number of nitrogens with one attached hydrogen (secondary N) is 1. The van der Waals surface area contributed by atoms with E-state index in [0.717, 1.165) is 51.0 Å². The van der Waals surface area contributed by atoms with Crippen LogP contribution in [0.25, 0.3) is 0 Å². The quantitative estimate of drug-likeness (QED) is 0.147. The highest BCUT2D eigenvalue weighted by molar-refractivity contribution is 7.86. The highest BCUT2D eigenvalue weighted by atomic mass is 32.2. The molecule has 5 aliphatic rings. The zero-order chi connectivity index (χ0) is 32.5. The number of primary amides is 1. The fourth-order valence-electron chi connectivity index (χ4n) is 9.59. The minimum absolute atomic E-state index is 0.102. The lowest BCUT2D eigenvalue weighted by atomic mass is 9.49. The highest BCUT2D eigenvalue weighted by Gasteiger charge is 2.57. The van der Waals surface area contributed by atoms with E-state index in [-0.39, 0.29) is 47.6 Å². The Balaban J connectivity index is 1.39. The summed E-state index contributed by atoms with van der Waals surface area (Å²) in [4.78, 5) is 38.5. The normalized spacial score (nSPS) is 27.2. The zero-order valence-electron chi connectivity index (χ0n) is 26.6. The van der Waals surface area contributed by atoms with Crippen molar-refractivity contribution in [3.63, 3.8) is 0 Å². The summed E-state index contributed by atoms with van der Waals surface area (Å²) in [6.07, 6.45) is 11.7. The van der Waals surface area contributed by atoms with Crippen LogP contribution in [0, 0.1) is 39.2 Å². The molecule has 4 bridgehead atoms. The van der Waals surface area contributed by atoms with Gasteiger partial charge in [-0.2, -0.15) is 8.42 Å². The largest absolute Gasteiger partial charge is 0.379 e. The molecule has 0 aromatic heterocycles. The summed E-state index contributed by atoms with van der Waals surface area (Å²) in [5, 5.41) is 15.5. The van der Waals surface area contributed by atoms with Gasteiger partial charge in [-0.1, -0.05) is 49.6 Å². The van der Waals surface area contributed by atoms with Crippen molar-refractivity contribution in [3.8, 4) is 0 Å². The van der Waals surface area contributed by atoms with Crippen LogP contribution in [0.2, 0.25) is 0 Å². The third-order valence-electron chi connectivity index (χ3n) is 11.4. The van der Waals surface area contributed by atoms with Crippen molar-refractivity contribution in [1.29, 1.82) is 0 Å². The molecule has 2 aromatic rings. The number of nitrogens with two attached hydrogens (primary N) is 1. The van der Waals surface area contributed by atoms with Crippen LogP contribution in [0.15, 0.2) is 53.4 Å². The summed E-state index contributed by atoms with van der Waals surface area (Å²) >= 11 is 0. The molecule has 0 heterocycles. The van der Waals surface area contributed by atoms with E-state index in [0.29, 0.717) is 35.8 Å². The van der Waals surface area contributed by atoms with Gasteiger partial charge in [0.1, 0.15) is 23.7 Å². The summed E-state index contributed by atoms with van der Waals surface area (Å²) in [5.41, 5.74) is 5.86. The predicted molar refractivity (Wildman–Crippen MR) is 175 cm³/mol. The molecule has 0 radical (unpaired) electrons. The van der Waals surface area contributed by atoms with Crippen molar-refractivity contribution >= 4 is 33.2 Å². The molecule has 1 unspecified atom stereocenters. The lowest BCUT2D eigenvalue weighted by molar-refractivity contribution is -0.743. The zero-order valence-corrected chi connectivity index (χ0v) is 27.4. The molecule has 5 aliphatic carbocycles. The smallest absolute Gasteiger partial charge is 0.334 e. The van der Waals surface area contributed by atoms with E-state index in [9.17, 15) is 28.1 Å². The van der Waals surface area contributed by atoms with Crippen molar-refractivity contribution in [2.45, 2.75) is 94.9 Å². The summed E-state index contributed by atoms with van der Waals surface area (Å²) < 4.78 is 28.9. The predicted octanol–water partition coefficient (Wildman–Crippen LogP) is 6.30. The van der Waals surface area contributed by atoms with Crippen LogP contribution in [0.1, 0.15) is 89.0 Å². The van der Waals surface area contributed by atoms with Crippen molar-refractivity contribution in [3.05, 3.63) is 64.2 Å². The molecule has 0 saturated heterocycles. The van der Waals surface area contributed by atoms with Gasteiger partial charge in [0.05, 0.1) is 17.8 Å². The van der Waals surface area contributed by atoms with Gasteiger partial charge in [0.25, 0.3) is 5.69 Å². The second-order valence-corrected chi connectivity index (χ2v) is 16.9. The molecule has 0 aliphatic heterocycles. The SMILES string of the molecule is NC(=O)CC[N+](Cc1ccccc1)(C(=O)CC12CC3CC(CC(C3)C1)C2)S(=O)(=O)c1ccc(NCC2CCCCC2)c([N+](=O)[O-])c1. The first kappa shape index (κ1) is 32.6. The Labute approximate surface area is 271 Å². The number of nitrogens with zero attached hydrogens (tertiary/aromatic N) is 2. The number of carbonyl (C=O) groups excluding carboxylic acids is 2. The van der Waals surface area contributed by atoms with Crippen LogP contribution in [-0.4, -0.2) is 42.1 Å². The van der Waals surface area contributed by atoms with E-state index >= 15 is 0 Å². The Morgan fingerprint density at radius 3 is 2.17 bits per heavy atom. The van der Waals surface area contributed by atoms with Crippen molar-refractivity contribution in [1.82, 2.24) is 0 Å². The average molecular weight is 652 g/mol. The van der Waals surface area contributed by atoms with Gasteiger partial charge in [-0.05, 0) is 92.6 Å². The average Bonchev–Trinajstić information content (AvgIpc) is 3.01. The molecular formula is C35H47N4O6S+. The van der Waals surface area contributed by atoms with Crippen molar-refractivity contribution < 1.29 is 26.8 Å². The molecule has 248 valence electrons. The molecule has 11 heteroatoms. The molecule has 1 atom stereocenters. The Kier molecular flexibility index (Phi) is 9.26. The lowest BCUT2D eigenvalue weighted by Gasteiger charge is -2.56. The van der Waals surface area contributed by atoms with Gasteiger partial charge in [0.2, 0.25) is 5.91 Å². The minimum Gasteiger partial charge on any atom is -0.379 e. The molecule has 0 spiro atoms. The summed E-state index contributed by atoms with van der Waals surface area (Å²) in [5.74, 6) is 0.926. The Hall–Kier alpha value is -3.31. The molecule has 10 nitrogen and oxygen atoms in total. The van der Waals surface area contributed by atoms with E-state index in [1.807, 2.05) is 6.07 Å². The monoisotopic (exact) mass is 651 g/mol. The molecule has 2 aromatic carbocycles. The van der Waals surface area contributed by atoms with Gasteiger partial charge < -0.3 is 11.1 Å². The molecule has 3 N–H and O–H groups in total. The number of carbonyl (C=O) groups is 2. The molecule has 46 heavy (non-hydrogen) atoms. The highest BCUT2D eigenvalue weighted by Crippen LogP contribution is 2.61. The van der Waals surface area contributed by atoms with Crippen LogP contribution in [0.5, 0.6) is 0 Å². The summed E-state index contributed by atoms with van der Waals surface area (Å²) in [6.45, 7) is 0.0352. The standard InChI is InChI=1S/C35H46N4O6S/c36-33(40)13-14-39(24-26-9-5-2-6-10-26,34(41)22-35-19-27-15-28(20-35)17-29(16-27)21-35)46(44,45)30-11-12-31(32(18-30)38(42)43)37-23-25-7-3-1-4-8-25/h2,5-6,9-12,18,25,27-29,37H,1,3-4,7-8,13-17,19-24H2,(H-,36,40)/p+1. The first-order valence-electron chi connectivity index (χ1n) is 17.0. The molecule has 2 amide bonds. The number of nitro groups is 1. The second-order valence-electron chi connectivity index (χ2n) is 14.8. The fraction of sp³-hybridized carbons (Fsp3) is 0.600. The van der Waals surface area contributed by atoms with Gasteiger partial charge in [-0.15, -0.1) is 3.89 Å². The van der Waals surface area contributed by atoms with Crippen LogP contribution in [0.4, 0.5) is 11.4 Å². The van der Waals surface area contributed by atoms with Gasteiger partial charge in [0.15, 0.2) is 0 Å². The van der Waals surface area contributed by atoms with E-state index in [2.05, 4.69) is 5.32 Å². The van der Waals surface area contributed by atoms with E-state index in [1.165, 1.54) is 37.8 Å². The summed E-state index contributed by atoms with van der Waals surface area (Å²) in [6, 6.07) is 12.8. The lowest BCUT2D eigenvalue weighted by Crippen LogP contribution is -2.59. The Morgan fingerprint density at radius 2 is 1.59 bits per heavy atom. The Bertz CT molecular complexity index is 1540. The third-order valence-corrected chi connectivity index (χ3v) is 13.7. The first-order valence-corrected chi connectivity index (χ1v) is 18.4. The minimum atomic E-state index is -4.60. The number of hydrogen-bond acceptors (Lipinski definition) is 7. The van der Waals surface area contributed by atoms with Crippen molar-refractivity contribution in [2.75, 3.05) is 18.4 Å². The maximum absolute atomic E-state index is 14.9. The number of anilines is 1. The third kappa shape index (κ3) is 6.58. The number of amides is 2. The first-order chi connectivity index (χ1) is 22.0. The number of sulfonamides is 1. The Morgan fingerprint density at radius 1 is 0.957 bits per heavy atom. The number of hydrogen-bond donors (Lipinski definition) is 2. The van der Waals surface area contributed by atoms with Crippen LogP contribution >= 0.6 is 0 Å². The summed E-state index contributed by atoms with van der Waals surface area (Å²) in [7, 11) is -4.60. The van der Waals surface area contributed by atoms with Gasteiger partial charge >= 0.3 is 15.9 Å². The number of nitro benzene ring substituents is 1. The molecule has 7 rings (SSSR count). The van der Waals surface area contributed by atoms with Crippen LogP contribution < -0.4 is 11.1 Å². The topological polar surface area (TPSA) is 149 Å². The van der Waals surface area contributed by atoms with Gasteiger partial charge in [0, 0.05) is 18.2 Å². The number of rotatable bonds is 13. The van der Waals surface area contributed by atoms with E-state index in [1.54, 1.807) is 24.3 Å². The molecule has 5 saturated carbocycles. The number of quaternary nitrogens is 1. The fourth-order valence-corrected chi connectivity index (χ4v) is 11.5. The molecular weight excluding hydrogens is 604 g/mol. The van der Waals surface area contributed by atoms with Crippen LogP contribution in [0.3, 0.4) is 0 Å². The maximum atomic E-state index is 14.9. The van der Waals surface area contributed by atoms with Gasteiger partial charge in [-0.3, -0.25) is 14.9 Å². The second kappa shape index (κ2) is 13.1. The maximum Gasteiger partial charge on any atom is 0.334 e. The van der Waals surface area contributed by atoms with E-state index in [4.69, 9.17) is 5.73 Å². The van der Waals surface area contributed by atoms with Crippen LogP contribution in [-0.2, 0) is 26.2 Å². The molecule has 5 fully saturated rings. The van der Waals surface area contributed by atoms with Gasteiger partial charge in [-0.25, -0.2) is 4.79 Å². The van der Waals surface area contributed by atoms with Crippen molar-refractivity contribution in [2.24, 2.45) is 34.8 Å².